The number of hydrogen-bond donors (Lipinski definition) is 1. The minimum absolute atomic E-state index is 0.118. The molecule has 2 rings (SSSR count). The number of carbonyl (C=O) groups excluding carboxylic acids is 1. The number of anilines is 1. The van der Waals surface area contributed by atoms with Crippen molar-refractivity contribution in [3.63, 3.8) is 0 Å². The van der Waals surface area contributed by atoms with Crippen molar-refractivity contribution in [2.24, 2.45) is 0 Å². The van der Waals surface area contributed by atoms with E-state index in [4.69, 9.17) is 4.74 Å². The third kappa shape index (κ3) is 4.58. The summed E-state index contributed by atoms with van der Waals surface area (Å²) in [6.45, 7) is 6.55. The topological polar surface area (TPSA) is 41.6 Å². The Hall–Kier alpha value is -1.85. The summed E-state index contributed by atoms with van der Waals surface area (Å²) in [7, 11) is 0. The van der Waals surface area contributed by atoms with Crippen LogP contribution in [-0.2, 0) is 4.74 Å². The minimum atomic E-state index is -0.596. The zero-order valence-corrected chi connectivity index (χ0v) is 13.2. The molecule has 1 amide bonds. The van der Waals surface area contributed by atoms with Gasteiger partial charge in [0.25, 0.3) is 0 Å². The largest absolute Gasteiger partial charge is 0.444 e. The monoisotopic (exact) mass is 312 g/mol. The third-order valence-electron chi connectivity index (χ3n) is 3.39. The second-order valence-corrected chi connectivity index (χ2v) is 6.53. The first-order valence-electron chi connectivity index (χ1n) is 7.44. The van der Waals surface area contributed by atoms with E-state index in [0.29, 0.717) is 18.8 Å². The molecule has 1 aromatic rings. The molecule has 1 N–H and O–H groups in total. The van der Waals surface area contributed by atoms with Crippen LogP contribution in [0.2, 0.25) is 0 Å². The third-order valence-corrected chi connectivity index (χ3v) is 3.39. The molecule has 4 nitrogen and oxygen atoms in total. The Morgan fingerprint density at radius 3 is 2.73 bits per heavy atom. The van der Waals surface area contributed by atoms with Gasteiger partial charge in [-0.2, -0.15) is 0 Å². The SMILES string of the molecule is CC(C)(C)OC(=O)NC1CCCN(c2ccc(F)cc2F)C1. The first kappa shape index (κ1) is 16.5. The Labute approximate surface area is 129 Å². The number of halogens is 2. The molecule has 1 unspecified atom stereocenters. The number of benzene rings is 1. The van der Waals surface area contributed by atoms with Gasteiger partial charge in [0.05, 0.1) is 5.69 Å². The van der Waals surface area contributed by atoms with Gasteiger partial charge >= 0.3 is 6.09 Å². The highest BCUT2D eigenvalue weighted by molar-refractivity contribution is 5.68. The van der Waals surface area contributed by atoms with Crippen LogP contribution in [0.5, 0.6) is 0 Å². The molecule has 6 heteroatoms. The lowest BCUT2D eigenvalue weighted by Gasteiger charge is -2.35. The summed E-state index contributed by atoms with van der Waals surface area (Å²) < 4.78 is 32.1. The van der Waals surface area contributed by atoms with Crippen LogP contribution in [0.1, 0.15) is 33.6 Å². The number of hydrogen-bond acceptors (Lipinski definition) is 3. The van der Waals surface area contributed by atoms with Crippen LogP contribution >= 0.6 is 0 Å². The fourth-order valence-corrected chi connectivity index (χ4v) is 2.53. The van der Waals surface area contributed by atoms with Crippen molar-refractivity contribution in [1.29, 1.82) is 0 Å². The van der Waals surface area contributed by atoms with Crippen LogP contribution in [0, 0.1) is 11.6 Å². The Kier molecular flexibility index (Phi) is 4.88. The smallest absolute Gasteiger partial charge is 0.407 e. The van der Waals surface area contributed by atoms with Crippen LogP contribution in [0.4, 0.5) is 19.3 Å². The number of alkyl carbamates (subject to hydrolysis) is 1. The zero-order valence-electron chi connectivity index (χ0n) is 13.2. The number of amides is 1. The lowest BCUT2D eigenvalue weighted by Crippen LogP contribution is -2.49. The molecular formula is C16H22F2N2O2. The molecule has 1 saturated heterocycles. The van der Waals surface area contributed by atoms with Gasteiger partial charge in [-0.15, -0.1) is 0 Å². The second kappa shape index (κ2) is 6.50. The molecule has 0 radical (unpaired) electrons. The quantitative estimate of drug-likeness (QED) is 0.909. The lowest BCUT2D eigenvalue weighted by atomic mass is 10.0. The van der Waals surface area contributed by atoms with E-state index in [0.717, 1.165) is 18.9 Å². The van der Waals surface area contributed by atoms with Crippen molar-refractivity contribution >= 4 is 11.8 Å². The number of piperidine rings is 1. The number of ether oxygens (including phenoxy) is 1. The number of rotatable bonds is 2. The Morgan fingerprint density at radius 2 is 2.09 bits per heavy atom. The highest BCUT2D eigenvalue weighted by Gasteiger charge is 2.25. The van der Waals surface area contributed by atoms with Crippen LogP contribution in [0.15, 0.2) is 18.2 Å². The van der Waals surface area contributed by atoms with E-state index in [-0.39, 0.29) is 6.04 Å². The summed E-state index contributed by atoms with van der Waals surface area (Å²) in [6.07, 6.45) is 1.15. The van der Waals surface area contributed by atoms with Gasteiger partial charge in [0, 0.05) is 25.2 Å². The van der Waals surface area contributed by atoms with Gasteiger partial charge < -0.3 is 15.0 Å². The lowest BCUT2D eigenvalue weighted by molar-refractivity contribution is 0.0500. The van der Waals surface area contributed by atoms with Crippen LogP contribution in [0.25, 0.3) is 0 Å². The Morgan fingerprint density at radius 1 is 1.36 bits per heavy atom. The molecular weight excluding hydrogens is 290 g/mol. The number of nitrogens with one attached hydrogen (secondary N) is 1. The molecule has 0 spiro atoms. The zero-order chi connectivity index (χ0) is 16.3. The summed E-state index contributed by atoms with van der Waals surface area (Å²) in [5.41, 5.74) is -0.196. The molecule has 0 bridgehead atoms. The van der Waals surface area contributed by atoms with E-state index in [9.17, 15) is 13.6 Å². The normalized spacial score (nSPS) is 19.0. The number of carbonyl (C=O) groups is 1. The van der Waals surface area contributed by atoms with E-state index in [1.165, 1.54) is 12.1 Å². The van der Waals surface area contributed by atoms with Gasteiger partial charge in [-0.1, -0.05) is 0 Å². The maximum atomic E-state index is 13.9. The van der Waals surface area contributed by atoms with Crippen LogP contribution in [0.3, 0.4) is 0 Å². The van der Waals surface area contributed by atoms with Gasteiger partial charge in [0.2, 0.25) is 0 Å². The van der Waals surface area contributed by atoms with Crippen molar-refractivity contribution in [3.8, 4) is 0 Å². The van der Waals surface area contributed by atoms with E-state index in [1.54, 1.807) is 20.8 Å². The van der Waals surface area contributed by atoms with Crippen molar-refractivity contribution in [3.05, 3.63) is 29.8 Å². The second-order valence-electron chi connectivity index (χ2n) is 6.53. The average Bonchev–Trinajstić information content (AvgIpc) is 2.36. The summed E-state index contributed by atoms with van der Waals surface area (Å²) in [4.78, 5) is 13.6. The summed E-state index contributed by atoms with van der Waals surface area (Å²) in [6, 6.07) is 3.43. The Bertz CT molecular complexity index is 543. The van der Waals surface area contributed by atoms with Crippen molar-refractivity contribution in [2.45, 2.75) is 45.3 Å². The fourth-order valence-electron chi connectivity index (χ4n) is 2.53. The van der Waals surface area contributed by atoms with E-state index in [1.807, 2.05) is 4.90 Å². The van der Waals surface area contributed by atoms with E-state index < -0.39 is 23.3 Å². The maximum absolute atomic E-state index is 13.9. The average molecular weight is 312 g/mol. The summed E-state index contributed by atoms with van der Waals surface area (Å²) >= 11 is 0. The van der Waals surface area contributed by atoms with E-state index in [2.05, 4.69) is 5.32 Å². The van der Waals surface area contributed by atoms with Crippen molar-refractivity contribution in [1.82, 2.24) is 5.32 Å². The molecule has 1 atom stereocenters. The predicted molar refractivity (Wildman–Crippen MR) is 81.0 cm³/mol. The molecule has 0 aliphatic carbocycles. The summed E-state index contributed by atoms with van der Waals surface area (Å²) in [5.74, 6) is -1.18. The fraction of sp³-hybridized carbons (Fsp3) is 0.562. The number of nitrogens with zero attached hydrogens (tertiary/aromatic N) is 1. The highest BCUT2D eigenvalue weighted by Crippen LogP contribution is 2.24. The molecule has 1 aliphatic rings. The van der Waals surface area contributed by atoms with Crippen molar-refractivity contribution in [2.75, 3.05) is 18.0 Å². The van der Waals surface area contributed by atoms with Crippen LogP contribution in [-0.4, -0.2) is 30.8 Å². The van der Waals surface area contributed by atoms with Gasteiger partial charge in [0.15, 0.2) is 0 Å². The standard InChI is InChI=1S/C16H22F2N2O2/c1-16(2,3)22-15(21)19-12-5-4-8-20(10-12)14-7-6-11(17)9-13(14)18/h6-7,9,12H,4-5,8,10H2,1-3H3,(H,19,21). The van der Waals surface area contributed by atoms with Crippen LogP contribution < -0.4 is 10.2 Å². The predicted octanol–water partition coefficient (Wildman–Crippen LogP) is 3.46. The molecule has 0 saturated carbocycles. The molecule has 1 heterocycles. The van der Waals surface area contributed by atoms with Gasteiger partial charge in [0.1, 0.15) is 17.2 Å². The van der Waals surface area contributed by atoms with Gasteiger partial charge in [-0.3, -0.25) is 0 Å². The minimum Gasteiger partial charge on any atom is -0.444 e. The molecule has 122 valence electrons. The molecule has 22 heavy (non-hydrogen) atoms. The van der Waals surface area contributed by atoms with Crippen molar-refractivity contribution < 1.29 is 18.3 Å². The first-order chi connectivity index (χ1) is 10.2. The first-order valence-corrected chi connectivity index (χ1v) is 7.44. The van der Waals surface area contributed by atoms with Gasteiger partial charge in [-0.25, -0.2) is 13.6 Å². The summed E-state index contributed by atoms with van der Waals surface area (Å²) in [5, 5.41) is 2.81. The Balaban J connectivity index is 1.98. The molecule has 0 aromatic heterocycles. The maximum Gasteiger partial charge on any atom is 0.407 e. The molecule has 1 aromatic carbocycles. The van der Waals surface area contributed by atoms with Gasteiger partial charge in [-0.05, 0) is 45.7 Å². The van der Waals surface area contributed by atoms with E-state index >= 15 is 0 Å². The molecule has 1 aliphatic heterocycles. The molecule has 1 fully saturated rings. The highest BCUT2D eigenvalue weighted by atomic mass is 19.1.